The van der Waals surface area contributed by atoms with Gasteiger partial charge >= 0.3 is 0 Å². The van der Waals surface area contributed by atoms with E-state index in [-0.39, 0.29) is 0 Å². The zero-order valence-corrected chi connectivity index (χ0v) is 19.0. The van der Waals surface area contributed by atoms with Gasteiger partial charge in [-0.2, -0.15) is 0 Å². The van der Waals surface area contributed by atoms with E-state index in [2.05, 4.69) is 72.8 Å². The first-order valence-electron chi connectivity index (χ1n) is 11.1. The van der Waals surface area contributed by atoms with Gasteiger partial charge in [0.15, 0.2) is 0 Å². The van der Waals surface area contributed by atoms with Crippen LogP contribution in [0.4, 0.5) is 0 Å². The SMILES string of the molecule is Cc1cc(C2(c3cc(C)c(O)c(C)c3)c3ccccc3Cc3ccccc32)cc(C)c1O. The minimum atomic E-state index is -0.544. The monoisotopic (exact) mass is 420 g/mol. The van der Waals surface area contributed by atoms with Crippen molar-refractivity contribution in [3.8, 4) is 11.5 Å². The Hall–Kier alpha value is -3.52. The van der Waals surface area contributed by atoms with E-state index in [0.717, 1.165) is 39.8 Å². The van der Waals surface area contributed by atoms with Crippen LogP contribution in [0.2, 0.25) is 0 Å². The Morgan fingerprint density at radius 3 is 1.28 bits per heavy atom. The molecule has 0 radical (unpaired) electrons. The largest absolute Gasteiger partial charge is 0.507 e. The molecule has 4 aromatic carbocycles. The lowest BCUT2D eigenvalue weighted by Gasteiger charge is -2.43. The van der Waals surface area contributed by atoms with Crippen molar-refractivity contribution in [3.63, 3.8) is 0 Å². The average Bonchev–Trinajstić information content (AvgIpc) is 2.78. The van der Waals surface area contributed by atoms with Crippen molar-refractivity contribution in [2.24, 2.45) is 0 Å². The molecule has 0 atom stereocenters. The Kier molecular flexibility index (Phi) is 4.63. The van der Waals surface area contributed by atoms with Gasteiger partial charge in [0.25, 0.3) is 0 Å². The van der Waals surface area contributed by atoms with Crippen LogP contribution in [0.5, 0.6) is 11.5 Å². The van der Waals surface area contributed by atoms with Crippen LogP contribution in [0.15, 0.2) is 72.8 Å². The lowest BCUT2D eigenvalue weighted by Crippen LogP contribution is -2.36. The van der Waals surface area contributed by atoms with Gasteiger partial charge in [-0.05, 0) is 89.8 Å². The molecule has 0 fully saturated rings. The third-order valence-electron chi connectivity index (χ3n) is 7.07. The van der Waals surface area contributed by atoms with Crippen LogP contribution < -0.4 is 0 Å². The molecular weight excluding hydrogens is 392 g/mol. The van der Waals surface area contributed by atoms with Crippen molar-refractivity contribution in [1.82, 2.24) is 0 Å². The fraction of sp³-hybridized carbons (Fsp3) is 0.200. The second-order valence-electron chi connectivity index (χ2n) is 9.16. The molecule has 2 heteroatoms. The highest BCUT2D eigenvalue weighted by Gasteiger charge is 2.44. The van der Waals surface area contributed by atoms with Gasteiger partial charge in [0, 0.05) is 0 Å². The molecule has 0 spiro atoms. The zero-order valence-electron chi connectivity index (χ0n) is 19.0. The minimum absolute atomic E-state index is 0.347. The first-order valence-corrected chi connectivity index (χ1v) is 11.1. The summed E-state index contributed by atoms with van der Waals surface area (Å²) >= 11 is 0. The smallest absolute Gasteiger partial charge is 0.121 e. The van der Waals surface area contributed by atoms with Crippen molar-refractivity contribution in [2.75, 3.05) is 0 Å². The summed E-state index contributed by atoms with van der Waals surface area (Å²) in [5, 5.41) is 21.1. The Balaban J connectivity index is 2.01. The molecule has 4 aromatic rings. The maximum atomic E-state index is 10.6. The van der Waals surface area contributed by atoms with Crippen molar-refractivity contribution >= 4 is 0 Å². The molecule has 0 amide bonds. The van der Waals surface area contributed by atoms with E-state index in [0.29, 0.717) is 11.5 Å². The van der Waals surface area contributed by atoms with E-state index in [9.17, 15) is 10.2 Å². The molecule has 0 heterocycles. The second kappa shape index (κ2) is 7.27. The quantitative estimate of drug-likeness (QED) is 0.337. The molecule has 5 rings (SSSR count). The van der Waals surface area contributed by atoms with E-state index in [1.807, 2.05) is 27.7 Å². The number of hydrogen-bond donors (Lipinski definition) is 2. The highest BCUT2D eigenvalue weighted by Crippen LogP contribution is 2.52. The molecule has 2 N–H and O–H groups in total. The highest BCUT2D eigenvalue weighted by molar-refractivity contribution is 5.69. The topological polar surface area (TPSA) is 40.5 Å². The summed E-state index contributed by atoms with van der Waals surface area (Å²) in [6, 6.07) is 25.9. The van der Waals surface area contributed by atoms with Gasteiger partial charge in [0.2, 0.25) is 0 Å². The lowest BCUT2D eigenvalue weighted by atomic mass is 9.59. The summed E-state index contributed by atoms with van der Waals surface area (Å²) in [4.78, 5) is 0. The Morgan fingerprint density at radius 2 is 0.906 bits per heavy atom. The van der Waals surface area contributed by atoms with Crippen LogP contribution in [0.1, 0.15) is 55.6 Å². The summed E-state index contributed by atoms with van der Waals surface area (Å²) in [6.45, 7) is 7.86. The molecule has 0 bridgehead atoms. The standard InChI is InChI=1S/C30H28O2/c1-18-13-24(14-19(2)28(18)31)30(25-15-20(3)29(32)21(4)16-25)26-11-7-5-9-22(26)17-23-10-6-8-12-27(23)30/h5-16,31-32H,17H2,1-4H3. The van der Waals surface area contributed by atoms with Gasteiger partial charge in [-0.3, -0.25) is 0 Å². The molecule has 0 aromatic heterocycles. The molecular formula is C30H28O2. The van der Waals surface area contributed by atoms with Crippen molar-refractivity contribution in [1.29, 1.82) is 0 Å². The van der Waals surface area contributed by atoms with E-state index >= 15 is 0 Å². The Labute approximate surface area is 189 Å². The molecule has 0 saturated carbocycles. The van der Waals surface area contributed by atoms with Crippen LogP contribution in [-0.2, 0) is 11.8 Å². The molecule has 0 unspecified atom stereocenters. The van der Waals surface area contributed by atoms with E-state index in [1.54, 1.807) is 0 Å². The van der Waals surface area contributed by atoms with Crippen LogP contribution >= 0.6 is 0 Å². The Bertz CT molecular complexity index is 1210. The number of aromatic hydroxyl groups is 2. The summed E-state index contributed by atoms with van der Waals surface area (Å²) < 4.78 is 0. The highest BCUT2D eigenvalue weighted by atomic mass is 16.3. The zero-order chi connectivity index (χ0) is 22.6. The first-order chi connectivity index (χ1) is 15.3. The summed E-state index contributed by atoms with van der Waals surface area (Å²) in [7, 11) is 0. The lowest BCUT2D eigenvalue weighted by molar-refractivity contribution is 0.465. The summed E-state index contributed by atoms with van der Waals surface area (Å²) in [5.41, 5.74) is 10.3. The number of phenols is 2. The first kappa shape index (κ1) is 20.4. The number of aryl methyl sites for hydroxylation is 4. The maximum Gasteiger partial charge on any atom is 0.121 e. The van der Waals surface area contributed by atoms with E-state index in [1.165, 1.54) is 22.3 Å². The predicted octanol–water partition coefficient (Wildman–Crippen LogP) is 6.62. The number of fused-ring (bicyclic) bond motifs is 2. The van der Waals surface area contributed by atoms with Gasteiger partial charge in [0.05, 0.1) is 5.41 Å². The fourth-order valence-corrected chi connectivity index (χ4v) is 5.56. The van der Waals surface area contributed by atoms with Crippen LogP contribution in [0.25, 0.3) is 0 Å². The average molecular weight is 421 g/mol. The van der Waals surface area contributed by atoms with Gasteiger partial charge in [-0.1, -0.05) is 72.8 Å². The van der Waals surface area contributed by atoms with E-state index < -0.39 is 5.41 Å². The van der Waals surface area contributed by atoms with Crippen molar-refractivity contribution in [2.45, 2.75) is 39.5 Å². The molecule has 1 aliphatic carbocycles. The van der Waals surface area contributed by atoms with Crippen LogP contribution in [-0.4, -0.2) is 10.2 Å². The number of benzene rings is 4. The summed E-state index contributed by atoms with van der Waals surface area (Å²) in [5.74, 6) is 0.693. The molecule has 0 aliphatic heterocycles. The van der Waals surface area contributed by atoms with Crippen LogP contribution in [0, 0.1) is 27.7 Å². The predicted molar refractivity (Wildman–Crippen MR) is 130 cm³/mol. The molecule has 0 saturated heterocycles. The molecule has 1 aliphatic rings. The third kappa shape index (κ3) is 2.79. The fourth-order valence-electron chi connectivity index (χ4n) is 5.56. The van der Waals surface area contributed by atoms with Gasteiger partial charge < -0.3 is 10.2 Å². The number of rotatable bonds is 2. The van der Waals surface area contributed by atoms with E-state index in [4.69, 9.17) is 0 Å². The Morgan fingerprint density at radius 1 is 0.562 bits per heavy atom. The van der Waals surface area contributed by atoms with Gasteiger partial charge in [-0.15, -0.1) is 0 Å². The van der Waals surface area contributed by atoms with Crippen LogP contribution in [0.3, 0.4) is 0 Å². The third-order valence-corrected chi connectivity index (χ3v) is 7.07. The van der Waals surface area contributed by atoms with Gasteiger partial charge in [-0.25, -0.2) is 0 Å². The number of hydrogen-bond acceptors (Lipinski definition) is 2. The molecule has 160 valence electrons. The van der Waals surface area contributed by atoms with Gasteiger partial charge in [0.1, 0.15) is 11.5 Å². The minimum Gasteiger partial charge on any atom is -0.507 e. The van der Waals surface area contributed by atoms with Crippen molar-refractivity contribution in [3.05, 3.63) is 128 Å². The molecule has 2 nitrogen and oxygen atoms in total. The molecule has 32 heavy (non-hydrogen) atoms. The maximum absolute atomic E-state index is 10.6. The van der Waals surface area contributed by atoms with Crippen molar-refractivity contribution < 1.29 is 10.2 Å². The summed E-state index contributed by atoms with van der Waals surface area (Å²) in [6.07, 6.45) is 0.889. The second-order valence-corrected chi connectivity index (χ2v) is 9.16. The normalized spacial score (nSPS) is 14.0. The number of phenolic OH excluding ortho intramolecular Hbond substituents is 2.